The Balaban J connectivity index is 2.72. The second-order valence-electron chi connectivity index (χ2n) is 7.07. The zero-order valence-corrected chi connectivity index (χ0v) is 15.7. The first-order chi connectivity index (χ1) is 9.79. The average molecular weight is 311 g/mol. The Morgan fingerprint density at radius 1 is 1.24 bits per heavy atom. The maximum atomic E-state index is 5.56. The standard InChI is InChI=1S/C18H34N2S/c1-8-17(13(2)3)20(15(6)7)16-9-11-19(12-10-16)18(21)14(4)5/h13-14,16-17H,6,8-12H2,1-5,7H3. The van der Waals surface area contributed by atoms with Gasteiger partial charge in [-0.1, -0.05) is 53.4 Å². The Labute approximate surface area is 137 Å². The van der Waals surface area contributed by atoms with Crippen LogP contribution < -0.4 is 0 Å². The predicted octanol–water partition coefficient (Wildman–Crippen LogP) is 4.70. The van der Waals surface area contributed by atoms with Gasteiger partial charge in [0.15, 0.2) is 0 Å². The van der Waals surface area contributed by atoms with Gasteiger partial charge in [-0.3, -0.25) is 0 Å². The van der Waals surface area contributed by atoms with Crippen molar-refractivity contribution in [3.8, 4) is 0 Å². The molecule has 3 heteroatoms. The zero-order chi connectivity index (χ0) is 16.2. The van der Waals surface area contributed by atoms with E-state index in [1.54, 1.807) is 0 Å². The van der Waals surface area contributed by atoms with Gasteiger partial charge in [0.1, 0.15) is 0 Å². The van der Waals surface area contributed by atoms with Gasteiger partial charge in [-0.25, -0.2) is 0 Å². The van der Waals surface area contributed by atoms with Gasteiger partial charge in [-0.15, -0.1) is 0 Å². The molecule has 1 heterocycles. The first-order valence-corrected chi connectivity index (χ1v) is 8.93. The van der Waals surface area contributed by atoms with E-state index in [1.165, 1.54) is 25.0 Å². The van der Waals surface area contributed by atoms with Crippen molar-refractivity contribution in [1.82, 2.24) is 9.80 Å². The third-order valence-electron chi connectivity index (χ3n) is 4.65. The Morgan fingerprint density at radius 3 is 2.10 bits per heavy atom. The molecule has 1 saturated heterocycles. The van der Waals surface area contributed by atoms with E-state index in [0.717, 1.165) is 18.1 Å². The molecule has 0 aliphatic carbocycles. The molecule has 0 aromatic rings. The van der Waals surface area contributed by atoms with Crippen LogP contribution in [0.3, 0.4) is 0 Å². The summed E-state index contributed by atoms with van der Waals surface area (Å²) in [7, 11) is 0. The minimum Gasteiger partial charge on any atom is -0.369 e. The van der Waals surface area contributed by atoms with Gasteiger partial charge >= 0.3 is 0 Å². The van der Waals surface area contributed by atoms with E-state index < -0.39 is 0 Å². The zero-order valence-electron chi connectivity index (χ0n) is 14.9. The van der Waals surface area contributed by atoms with Gasteiger partial charge in [0.2, 0.25) is 0 Å². The summed E-state index contributed by atoms with van der Waals surface area (Å²) < 4.78 is 0. The van der Waals surface area contributed by atoms with Gasteiger partial charge < -0.3 is 9.80 Å². The molecule has 1 unspecified atom stereocenters. The Kier molecular flexibility index (Phi) is 7.19. The van der Waals surface area contributed by atoms with Crippen LogP contribution in [0, 0.1) is 11.8 Å². The molecule has 122 valence electrons. The van der Waals surface area contributed by atoms with Crippen LogP contribution in [0.4, 0.5) is 0 Å². The summed E-state index contributed by atoms with van der Waals surface area (Å²) in [4.78, 5) is 6.13. The fourth-order valence-corrected chi connectivity index (χ4v) is 3.77. The molecule has 0 bridgehead atoms. The summed E-state index contributed by atoms with van der Waals surface area (Å²) in [5, 5.41) is 0. The Bertz CT molecular complexity index is 354. The largest absolute Gasteiger partial charge is 0.369 e. The van der Waals surface area contributed by atoms with Crippen LogP contribution in [0.5, 0.6) is 0 Å². The molecule has 0 radical (unpaired) electrons. The summed E-state index contributed by atoms with van der Waals surface area (Å²) in [6, 6.07) is 1.23. The first-order valence-electron chi connectivity index (χ1n) is 8.52. The quantitative estimate of drug-likeness (QED) is 0.656. The minimum absolute atomic E-state index is 0.479. The van der Waals surface area contributed by atoms with E-state index in [4.69, 9.17) is 12.2 Å². The number of allylic oxidation sites excluding steroid dienone is 1. The lowest BCUT2D eigenvalue weighted by molar-refractivity contribution is 0.100. The highest BCUT2D eigenvalue weighted by Gasteiger charge is 2.30. The average Bonchev–Trinajstić information content (AvgIpc) is 2.43. The van der Waals surface area contributed by atoms with Crippen molar-refractivity contribution in [3.63, 3.8) is 0 Å². The molecule has 1 rings (SSSR count). The van der Waals surface area contributed by atoms with Crippen LogP contribution in [0.1, 0.15) is 60.8 Å². The first kappa shape index (κ1) is 18.5. The topological polar surface area (TPSA) is 6.48 Å². The minimum atomic E-state index is 0.479. The van der Waals surface area contributed by atoms with Crippen molar-refractivity contribution in [3.05, 3.63) is 12.3 Å². The van der Waals surface area contributed by atoms with E-state index >= 15 is 0 Å². The number of piperidine rings is 1. The van der Waals surface area contributed by atoms with Gasteiger partial charge in [-0.05, 0) is 32.1 Å². The summed E-state index contributed by atoms with van der Waals surface area (Å²) in [6.45, 7) is 19.9. The second-order valence-corrected chi connectivity index (χ2v) is 7.49. The molecule has 0 aromatic carbocycles. The van der Waals surface area contributed by atoms with E-state index in [2.05, 4.69) is 57.9 Å². The highest BCUT2D eigenvalue weighted by Crippen LogP contribution is 2.27. The molecule has 1 atom stereocenters. The molecule has 1 aliphatic heterocycles. The Hall–Kier alpha value is -0.570. The van der Waals surface area contributed by atoms with E-state index in [0.29, 0.717) is 23.9 Å². The third-order valence-corrected chi connectivity index (χ3v) is 5.38. The Morgan fingerprint density at radius 2 is 1.76 bits per heavy atom. The maximum absolute atomic E-state index is 5.56. The van der Waals surface area contributed by atoms with Crippen LogP contribution in [0.15, 0.2) is 12.3 Å². The fourth-order valence-electron chi connectivity index (χ4n) is 3.58. The lowest BCUT2D eigenvalue weighted by Crippen LogP contribution is -2.50. The molecule has 0 N–H and O–H groups in total. The van der Waals surface area contributed by atoms with Gasteiger partial charge in [0, 0.05) is 36.8 Å². The molecule has 2 nitrogen and oxygen atoms in total. The van der Waals surface area contributed by atoms with Gasteiger partial charge in [0.05, 0.1) is 4.99 Å². The monoisotopic (exact) mass is 310 g/mol. The molecule has 1 aliphatic rings. The third kappa shape index (κ3) is 4.70. The van der Waals surface area contributed by atoms with Crippen molar-refractivity contribution in [2.24, 2.45) is 11.8 Å². The van der Waals surface area contributed by atoms with Crippen LogP contribution in [-0.4, -0.2) is 40.0 Å². The lowest BCUT2D eigenvalue weighted by atomic mass is 9.93. The van der Waals surface area contributed by atoms with Crippen LogP contribution >= 0.6 is 12.2 Å². The number of hydrogen-bond donors (Lipinski definition) is 0. The number of nitrogens with zero attached hydrogens (tertiary/aromatic N) is 2. The second kappa shape index (κ2) is 8.17. The van der Waals surface area contributed by atoms with Crippen molar-refractivity contribution in [2.75, 3.05) is 13.1 Å². The SMILES string of the molecule is C=C(C)N(C1CCN(C(=S)C(C)C)CC1)C(CC)C(C)C. The predicted molar refractivity (Wildman–Crippen MR) is 97.6 cm³/mol. The number of hydrogen-bond acceptors (Lipinski definition) is 2. The number of thiocarbonyl (C=S) groups is 1. The molecule has 0 spiro atoms. The van der Waals surface area contributed by atoms with E-state index in [9.17, 15) is 0 Å². The molecule has 0 saturated carbocycles. The van der Waals surface area contributed by atoms with Crippen molar-refractivity contribution >= 4 is 17.2 Å². The van der Waals surface area contributed by atoms with Crippen molar-refractivity contribution in [1.29, 1.82) is 0 Å². The maximum Gasteiger partial charge on any atom is 0.0805 e. The van der Waals surface area contributed by atoms with Crippen LogP contribution in [-0.2, 0) is 0 Å². The highest BCUT2D eigenvalue weighted by molar-refractivity contribution is 7.80. The van der Waals surface area contributed by atoms with Gasteiger partial charge in [-0.2, -0.15) is 0 Å². The fraction of sp³-hybridized carbons (Fsp3) is 0.833. The molecular formula is C18H34N2S. The number of rotatable bonds is 6. The molecule has 0 aromatic heterocycles. The highest BCUT2D eigenvalue weighted by atomic mass is 32.1. The molecule has 0 amide bonds. The summed E-state index contributed by atoms with van der Waals surface area (Å²) >= 11 is 5.56. The van der Waals surface area contributed by atoms with E-state index in [-0.39, 0.29) is 0 Å². The van der Waals surface area contributed by atoms with E-state index in [1.807, 2.05) is 0 Å². The molecule has 21 heavy (non-hydrogen) atoms. The number of likely N-dealkylation sites (tertiary alicyclic amines) is 1. The van der Waals surface area contributed by atoms with Crippen molar-refractivity contribution < 1.29 is 0 Å². The van der Waals surface area contributed by atoms with Gasteiger partial charge in [0.25, 0.3) is 0 Å². The summed E-state index contributed by atoms with van der Waals surface area (Å²) in [5.74, 6) is 1.15. The van der Waals surface area contributed by atoms with Crippen LogP contribution in [0.2, 0.25) is 0 Å². The lowest BCUT2D eigenvalue weighted by Gasteiger charge is -2.46. The van der Waals surface area contributed by atoms with Crippen LogP contribution in [0.25, 0.3) is 0 Å². The normalized spacial score (nSPS) is 18.2. The molecule has 1 fully saturated rings. The summed E-state index contributed by atoms with van der Waals surface area (Å²) in [5.41, 5.74) is 1.22. The van der Waals surface area contributed by atoms with Crippen molar-refractivity contribution in [2.45, 2.75) is 72.9 Å². The smallest absolute Gasteiger partial charge is 0.0805 e. The summed E-state index contributed by atoms with van der Waals surface area (Å²) in [6.07, 6.45) is 3.58. The molecular weight excluding hydrogens is 276 g/mol.